The van der Waals surface area contributed by atoms with Crippen molar-refractivity contribution < 1.29 is 13.2 Å². The Bertz CT molecular complexity index is 933. The van der Waals surface area contributed by atoms with Gasteiger partial charge in [0.15, 0.2) is 0 Å². The van der Waals surface area contributed by atoms with Crippen LogP contribution in [0.5, 0.6) is 0 Å². The number of hydrogen-bond donors (Lipinski definition) is 0. The van der Waals surface area contributed by atoms with Crippen molar-refractivity contribution in [2.24, 2.45) is 0 Å². The molecule has 0 saturated carbocycles. The first-order valence-electron chi connectivity index (χ1n) is 9.87. The predicted octanol–water partition coefficient (Wildman–Crippen LogP) is 3.40. The van der Waals surface area contributed by atoms with Crippen molar-refractivity contribution in [2.45, 2.75) is 49.5 Å². The summed E-state index contributed by atoms with van der Waals surface area (Å²) < 4.78 is 28.0. The molecule has 0 N–H and O–H groups in total. The van der Waals surface area contributed by atoms with Gasteiger partial charge in [0.1, 0.15) is 6.04 Å². The van der Waals surface area contributed by atoms with Crippen LogP contribution in [-0.4, -0.2) is 49.2 Å². The van der Waals surface area contributed by atoms with Crippen molar-refractivity contribution in [2.75, 3.05) is 19.6 Å². The zero-order valence-corrected chi connectivity index (χ0v) is 16.3. The van der Waals surface area contributed by atoms with Gasteiger partial charge in [-0.25, -0.2) is 8.42 Å². The third-order valence-electron chi connectivity index (χ3n) is 5.73. The Kier molecular flexibility index (Phi) is 5.19. The van der Waals surface area contributed by atoms with Gasteiger partial charge in [-0.15, -0.1) is 0 Å². The normalized spacial score (nSPS) is 22.1. The third-order valence-corrected chi connectivity index (χ3v) is 7.64. The molecule has 0 aliphatic carbocycles. The van der Waals surface area contributed by atoms with Crippen LogP contribution in [0.15, 0.2) is 47.4 Å². The largest absolute Gasteiger partial charge is 0.341 e. The number of rotatable bonds is 3. The molecule has 0 aromatic heterocycles. The number of hydrogen-bond acceptors (Lipinski definition) is 3. The van der Waals surface area contributed by atoms with Crippen LogP contribution in [0.4, 0.5) is 0 Å². The number of likely N-dealkylation sites (tertiary alicyclic amines) is 1. The second-order valence-corrected chi connectivity index (χ2v) is 9.41. The number of fused-ring (bicyclic) bond motifs is 1. The monoisotopic (exact) mass is 386 g/mol. The number of sulfonamides is 1. The first kappa shape index (κ1) is 18.4. The van der Waals surface area contributed by atoms with E-state index in [1.54, 1.807) is 12.1 Å². The van der Waals surface area contributed by atoms with E-state index < -0.39 is 16.1 Å². The number of nitrogens with zero attached hydrogens (tertiary/aromatic N) is 2. The standard InChI is InChI=1S/C21H26N2O3S/c24-21(22-13-5-1-2-6-14-22)20-10-7-15-23(20)27(25,26)19-12-11-17-8-3-4-9-18(17)16-19/h3-4,8-9,11-12,16,20H,1-2,5-7,10,13-15H2/t20-/m1/s1. The average molecular weight is 387 g/mol. The summed E-state index contributed by atoms with van der Waals surface area (Å²) in [5.74, 6) is -0.0150. The fourth-order valence-corrected chi connectivity index (χ4v) is 5.93. The lowest BCUT2D eigenvalue weighted by atomic mass is 10.1. The molecule has 2 saturated heterocycles. The van der Waals surface area contributed by atoms with E-state index in [1.165, 1.54) is 4.31 Å². The summed E-state index contributed by atoms with van der Waals surface area (Å²) in [5.41, 5.74) is 0. The molecule has 27 heavy (non-hydrogen) atoms. The van der Waals surface area contributed by atoms with Crippen molar-refractivity contribution in [3.8, 4) is 0 Å². The highest BCUT2D eigenvalue weighted by atomic mass is 32.2. The van der Waals surface area contributed by atoms with E-state index in [1.807, 2.05) is 35.2 Å². The highest BCUT2D eigenvalue weighted by Gasteiger charge is 2.41. The van der Waals surface area contributed by atoms with Crippen LogP contribution in [0.1, 0.15) is 38.5 Å². The molecular weight excluding hydrogens is 360 g/mol. The van der Waals surface area contributed by atoms with Gasteiger partial charge in [-0.05, 0) is 48.6 Å². The Morgan fingerprint density at radius 2 is 1.56 bits per heavy atom. The van der Waals surface area contributed by atoms with Gasteiger partial charge in [-0.3, -0.25) is 4.79 Å². The first-order valence-corrected chi connectivity index (χ1v) is 11.3. The number of carbonyl (C=O) groups is 1. The zero-order chi connectivity index (χ0) is 18.9. The Morgan fingerprint density at radius 1 is 0.852 bits per heavy atom. The Balaban J connectivity index is 1.62. The highest BCUT2D eigenvalue weighted by molar-refractivity contribution is 7.89. The van der Waals surface area contributed by atoms with E-state index in [2.05, 4.69) is 0 Å². The van der Waals surface area contributed by atoms with E-state index in [4.69, 9.17) is 0 Å². The van der Waals surface area contributed by atoms with Crippen molar-refractivity contribution in [3.05, 3.63) is 42.5 Å². The number of carbonyl (C=O) groups excluding carboxylic acids is 1. The molecular formula is C21H26N2O3S. The van der Waals surface area contributed by atoms with Gasteiger partial charge in [-0.2, -0.15) is 4.31 Å². The number of benzene rings is 2. The second-order valence-electron chi connectivity index (χ2n) is 7.52. The molecule has 2 aliphatic heterocycles. The molecule has 144 valence electrons. The molecule has 0 bridgehead atoms. The smallest absolute Gasteiger partial charge is 0.243 e. The summed E-state index contributed by atoms with van der Waals surface area (Å²) in [6.45, 7) is 1.91. The lowest BCUT2D eigenvalue weighted by molar-refractivity contribution is -0.134. The van der Waals surface area contributed by atoms with Gasteiger partial charge in [0, 0.05) is 19.6 Å². The summed E-state index contributed by atoms with van der Waals surface area (Å²) in [4.78, 5) is 15.2. The van der Waals surface area contributed by atoms with Crippen molar-refractivity contribution in [1.82, 2.24) is 9.21 Å². The molecule has 2 aliphatic rings. The zero-order valence-electron chi connectivity index (χ0n) is 15.5. The summed E-state index contributed by atoms with van der Waals surface area (Å²) in [6, 6.07) is 12.4. The van der Waals surface area contributed by atoms with Crippen LogP contribution in [0, 0.1) is 0 Å². The van der Waals surface area contributed by atoms with E-state index >= 15 is 0 Å². The minimum Gasteiger partial charge on any atom is -0.341 e. The molecule has 2 fully saturated rings. The average Bonchev–Trinajstić information content (AvgIpc) is 3.03. The second kappa shape index (κ2) is 7.60. The molecule has 6 heteroatoms. The molecule has 5 nitrogen and oxygen atoms in total. The summed E-state index contributed by atoms with van der Waals surface area (Å²) in [6.07, 6.45) is 5.66. The maximum absolute atomic E-state index is 13.3. The summed E-state index contributed by atoms with van der Waals surface area (Å²) in [5, 5.41) is 1.91. The van der Waals surface area contributed by atoms with Gasteiger partial charge >= 0.3 is 0 Å². The Labute approximate surface area is 161 Å². The maximum atomic E-state index is 13.3. The fraction of sp³-hybridized carbons (Fsp3) is 0.476. The van der Waals surface area contributed by atoms with Crippen LogP contribution in [-0.2, 0) is 14.8 Å². The van der Waals surface area contributed by atoms with Crippen molar-refractivity contribution in [3.63, 3.8) is 0 Å². The molecule has 2 heterocycles. The van der Waals surface area contributed by atoms with Gasteiger partial charge < -0.3 is 4.90 Å². The topological polar surface area (TPSA) is 57.7 Å². The lowest BCUT2D eigenvalue weighted by Gasteiger charge is -2.29. The van der Waals surface area contributed by atoms with Gasteiger partial charge in [0.25, 0.3) is 0 Å². The third kappa shape index (κ3) is 3.60. The summed E-state index contributed by atoms with van der Waals surface area (Å²) >= 11 is 0. The van der Waals surface area contributed by atoms with E-state index in [0.29, 0.717) is 13.0 Å². The fourth-order valence-electron chi connectivity index (χ4n) is 4.24. The molecule has 2 aromatic rings. The molecule has 0 spiro atoms. The van der Waals surface area contributed by atoms with Gasteiger partial charge in [-0.1, -0.05) is 43.2 Å². The first-order chi connectivity index (χ1) is 13.1. The molecule has 1 amide bonds. The quantitative estimate of drug-likeness (QED) is 0.812. The van der Waals surface area contributed by atoms with Crippen LogP contribution in [0.2, 0.25) is 0 Å². The van der Waals surface area contributed by atoms with E-state index in [0.717, 1.165) is 56.0 Å². The van der Waals surface area contributed by atoms with E-state index in [9.17, 15) is 13.2 Å². The van der Waals surface area contributed by atoms with Crippen molar-refractivity contribution >= 4 is 26.7 Å². The molecule has 4 rings (SSSR count). The maximum Gasteiger partial charge on any atom is 0.243 e. The molecule has 2 aromatic carbocycles. The van der Waals surface area contributed by atoms with E-state index in [-0.39, 0.29) is 10.8 Å². The highest BCUT2D eigenvalue weighted by Crippen LogP contribution is 2.29. The SMILES string of the molecule is O=C([C@H]1CCCN1S(=O)(=O)c1ccc2ccccc2c1)N1CCCCCC1. The van der Waals surface area contributed by atoms with Crippen molar-refractivity contribution in [1.29, 1.82) is 0 Å². The van der Waals surface area contributed by atoms with Crippen LogP contribution in [0.25, 0.3) is 10.8 Å². The van der Waals surface area contributed by atoms with Crippen LogP contribution in [0.3, 0.4) is 0 Å². The molecule has 0 unspecified atom stereocenters. The lowest BCUT2D eigenvalue weighted by Crippen LogP contribution is -2.48. The van der Waals surface area contributed by atoms with Gasteiger partial charge in [0.2, 0.25) is 15.9 Å². The molecule has 1 atom stereocenters. The van der Waals surface area contributed by atoms with Crippen LogP contribution < -0.4 is 0 Å². The number of amides is 1. The summed E-state index contributed by atoms with van der Waals surface area (Å²) in [7, 11) is -3.69. The molecule has 0 radical (unpaired) electrons. The Morgan fingerprint density at radius 3 is 2.30 bits per heavy atom. The minimum atomic E-state index is -3.69. The van der Waals surface area contributed by atoms with Crippen LogP contribution >= 0.6 is 0 Å². The predicted molar refractivity (Wildman–Crippen MR) is 106 cm³/mol. The van der Waals surface area contributed by atoms with Gasteiger partial charge in [0.05, 0.1) is 4.90 Å². The Hall–Kier alpha value is -1.92. The minimum absolute atomic E-state index is 0.0150.